The summed E-state index contributed by atoms with van der Waals surface area (Å²) in [7, 11) is 0. The van der Waals surface area contributed by atoms with Gasteiger partial charge in [0.1, 0.15) is 23.8 Å². The van der Waals surface area contributed by atoms with Gasteiger partial charge in [0.2, 0.25) is 11.8 Å². The number of benzene rings is 1. The van der Waals surface area contributed by atoms with E-state index in [1.165, 1.54) is 42.9 Å². The molecular formula is C25H29ClFN7O2. The highest BCUT2D eigenvalue weighted by molar-refractivity contribution is 6.31. The molecule has 2 heterocycles. The van der Waals surface area contributed by atoms with Crippen LogP contribution in [0, 0.1) is 5.82 Å². The van der Waals surface area contributed by atoms with E-state index in [4.69, 9.17) is 11.6 Å². The van der Waals surface area contributed by atoms with E-state index in [1.54, 1.807) is 6.07 Å². The van der Waals surface area contributed by atoms with Gasteiger partial charge in [-0.2, -0.15) is 0 Å². The third-order valence-electron chi connectivity index (χ3n) is 5.40. The average Bonchev–Trinajstić information content (AvgIpc) is 2.86. The van der Waals surface area contributed by atoms with Gasteiger partial charge in [-0.05, 0) is 56.4 Å². The van der Waals surface area contributed by atoms with Crippen LogP contribution >= 0.6 is 11.6 Å². The average molecular weight is 514 g/mol. The number of nitrogens with zero attached hydrogens (tertiary/aromatic N) is 4. The number of hydrogen-bond acceptors (Lipinski definition) is 7. The van der Waals surface area contributed by atoms with Gasteiger partial charge in [-0.15, -0.1) is 0 Å². The maximum absolute atomic E-state index is 13.5. The van der Waals surface area contributed by atoms with E-state index < -0.39 is 11.7 Å². The molecule has 2 aromatic heterocycles. The Hall–Kier alpha value is -3.63. The molecule has 0 radical (unpaired) electrons. The number of nitrogens with one attached hydrogen (secondary N) is 3. The minimum absolute atomic E-state index is 0.0203. The summed E-state index contributed by atoms with van der Waals surface area (Å²) < 4.78 is 13.5. The summed E-state index contributed by atoms with van der Waals surface area (Å²) in [5.74, 6) is -0.365. The smallest absolute Gasteiger partial charge is 0.249 e. The van der Waals surface area contributed by atoms with Crippen molar-refractivity contribution in [2.45, 2.75) is 26.7 Å². The Morgan fingerprint density at radius 1 is 1.14 bits per heavy atom. The second kappa shape index (κ2) is 13.5. The first kappa shape index (κ1) is 27.0. The van der Waals surface area contributed by atoms with E-state index in [9.17, 15) is 14.0 Å². The molecule has 0 spiro atoms. The first-order valence-corrected chi connectivity index (χ1v) is 12.1. The lowest BCUT2D eigenvalue weighted by molar-refractivity contribution is -0.120. The maximum atomic E-state index is 13.5. The van der Waals surface area contributed by atoms with Crippen molar-refractivity contribution in [3.8, 4) is 0 Å². The minimum Gasteiger partial charge on any atom is -0.356 e. The van der Waals surface area contributed by atoms with Gasteiger partial charge >= 0.3 is 0 Å². The maximum Gasteiger partial charge on any atom is 0.249 e. The molecule has 0 unspecified atom stereocenters. The first-order chi connectivity index (χ1) is 17.4. The van der Waals surface area contributed by atoms with Crippen LogP contribution in [0.2, 0.25) is 5.02 Å². The van der Waals surface area contributed by atoms with Crippen LogP contribution < -0.4 is 16.0 Å². The fourth-order valence-corrected chi connectivity index (χ4v) is 3.60. The van der Waals surface area contributed by atoms with Gasteiger partial charge < -0.3 is 20.9 Å². The molecular weight excluding hydrogens is 485 g/mol. The summed E-state index contributed by atoms with van der Waals surface area (Å²) in [5, 5.41) is 9.16. The van der Waals surface area contributed by atoms with Gasteiger partial charge in [0, 0.05) is 24.0 Å². The molecule has 11 heteroatoms. The number of pyridine rings is 1. The quantitative estimate of drug-likeness (QED) is 0.244. The molecule has 0 aliphatic rings. The number of carbonyl (C=O) groups excluding carboxylic acids is 2. The number of hydrogen-bond donors (Lipinski definition) is 3. The predicted molar refractivity (Wildman–Crippen MR) is 140 cm³/mol. The normalized spacial score (nSPS) is 11.2. The molecule has 3 N–H and O–H groups in total. The predicted octanol–water partition coefficient (Wildman–Crippen LogP) is 4.29. The largest absolute Gasteiger partial charge is 0.356 e. The fourth-order valence-electron chi connectivity index (χ4n) is 3.42. The van der Waals surface area contributed by atoms with Crippen LogP contribution in [0.15, 0.2) is 48.9 Å². The number of aromatic nitrogens is 3. The Balaban J connectivity index is 1.55. The number of rotatable bonds is 12. The van der Waals surface area contributed by atoms with E-state index in [-0.39, 0.29) is 23.2 Å². The van der Waals surface area contributed by atoms with E-state index in [1.807, 2.05) is 0 Å². The monoisotopic (exact) mass is 513 g/mol. The van der Waals surface area contributed by atoms with Crippen molar-refractivity contribution < 1.29 is 14.0 Å². The van der Waals surface area contributed by atoms with E-state index in [2.05, 4.69) is 49.6 Å². The van der Waals surface area contributed by atoms with Crippen molar-refractivity contribution in [3.63, 3.8) is 0 Å². The SMILES string of the molecule is CCN(CC)CCCNC(=O)C/C=C/C(=O)Nc1cc2c(Nc3ccc(F)c(Cl)c3)ncnc2cn1. The summed E-state index contributed by atoms with van der Waals surface area (Å²) in [4.78, 5) is 39.2. The Kier molecular flexibility index (Phi) is 10.1. The zero-order chi connectivity index (χ0) is 25.9. The van der Waals surface area contributed by atoms with Crippen LogP contribution in [0.3, 0.4) is 0 Å². The van der Waals surface area contributed by atoms with Crippen molar-refractivity contribution >= 4 is 51.6 Å². The summed E-state index contributed by atoms with van der Waals surface area (Å²) in [6.07, 6.45) is 6.65. The van der Waals surface area contributed by atoms with Gasteiger partial charge in [0.15, 0.2) is 0 Å². The van der Waals surface area contributed by atoms with Crippen LogP contribution in [-0.4, -0.2) is 57.8 Å². The molecule has 3 aromatic rings. The molecule has 0 saturated carbocycles. The summed E-state index contributed by atoms with van der Waals surface area (Å²) in [6, 6.07) is 5.85. The van der Waals surface area contributed by atoms with Crippen LogP contribution in [0.1, 0.15) is 26.7 Å². The summed E-state index contributed by atoms with van der Waals surface area (Å²) >= 11 is 5.86. The topological polar surface area (TPSA) is 112 Å². The van der Waals surface area contributed by atoms with Crippen molar-refractivity contribution in [1.82, 2.24) is 25.2 Å². The van der Waals surface area contributed by atoms with Gasteiger partial charge in [-0.1, -0.05) is 31.5 Å². The Morgan fingerprint density at radius 2 is 1.94 bits per heavy atom. The van der Waals surface area contributed by atoms with Crippen LogP contribution in [-0.2, 0) is 9.59 Å². The van der Waals surface area contributed by atoms with Crippen molar-refractivity contribution in [1.29, 1.82) is 0 Å². The summed E-state index contributed by atoms with van der Waals surface area (Å²) in [6.45, 7) is 7.73. The lowest BCUT2D eigenvalue weighted by Crippen LogP contribution is -2.29. The van der Waals surface area contributed by atoms with E-state index >= 15 is 0 Å². The standard InChI is InChI=1S/C25H29ClFN7O2/c1-3-34(4-2)12-6-11-28-23(35)7-5-8-24(36)33-22-14-18-21(15-29-22)30-16-31-25(18)32-17-9-10-20(27)19(26)13-17/h5,8-10,13-16H,3-4,6-7,11-12H2,1-2H3,(H,28,35)(H,29,33,36)(H,30,31,32)/b8-5+. The zero-order valence-corrected chi connectivity index (χ0v) is 21.0. The second-order valence-corrected chi connectivity index (χ2v) is 8.30. The molecule has 0 fully saturated rings. The Labute approximate surface area is 214 Å². The highest BCUT2D eigenvalue weighted by Gasteiger charge is 2.09. The molecule has 0 bridgehead atoms. The lowest BCUT2D eigenvalue weighted by atomic mass is 10.2. The molecule has 9 nitrogen and oxygen atoms in total. The first-order valence-electron chi connectivity index (χ1n) is 11.7. The van der Waals surface area contributed by atoms with Crippen LogP contribution in [0.5, 0.6) is 0 Å². The molecule has 2 amide bonds. The number of carbonyl (C=O) groups is 2. The minimum atomic E-state index is -0.523. The van der Waals surface area contributed by atoms with Crippen molar-refractivity contribution in [3.05, 3.63) is 59.8 Å². The third kappa shape index (κ3) is 7.96. The van der Waals surface area contributed by atoms with Crippen LogP contribution in [0.4, 0.5) is 21.7 Å². The highest BCUT2D eigenvalue weighted by atomic mass is 35.5. The molecule has 3 rings (SSSR count). The third-order valence-corrected chi connectivity index (χ3v) is 5.69. The zero-order valence-electron chi connectivity index (χ0n) is 20.2. The molecule has 0 aliphatic carbocycles. The molecule has 36 heavy (non-hydrogen) atoms. The molecule has 0 atom stereocenters. The van der Waals surface area contributed by atoms with Gasteiger partial charge in [-0.3, -0.25) is 9.59 Å². The van der Waals surface area contributed by atoms with Gasteiger partial charge in [0.05, 0.1) is 16.7 Å². The number of amides is 2. The van der Waals surface area contributed by atoms with Crippen LogP contribution in [0.25, 0.3) is 10.9 Å². The summed E-state index contributed by atoms with van der Waals surface area (Å²) in [5.41, 5.74) is 1.09. The molecule has 0 saturated heterocycles. The van der Waals surface area contributed by atoms with Gasteiger partial charge in [-0.25, -0.2) is 19.3 Å². The number of fused-ring (bicyclic) bond motifs is 1. The Morgan fingerprint density at radius 3 is 2.69 bits per heavy atom. The van der Waals surface area contributed by atoms with Crippen molar-refractivity contribution in [2.24, 2.45) is 0 Å². The molecule has 1 aromatic carbocycles. The Bertz CT molecular complexity index is 1230. The number of halogens is 2. The fraction of sp³-hybridized carbons (Fsp3) is 0.320. The second-order valence-electron chi connectivity index (χ2n) is 7.89. The molecule has 190 valence electrons. The molecule has 0 aliphatic heterocycles. The van der Waals surface area contributed by atoms with E-state index in [0.717, 1.165) is 26.1 Å². The number of anilines is 3. The van der Waals surface area contributed by atoms with E-state index in [0.29, 0.717) is 29.0 Å². The van der Waals surface area contributed by atoms with Gasteiger partial charge in [0.25, 0.3) is 0 Å². The lowest BCUT2D eigenvalue weighted by Gasteiger charge is -2.17. The highest BCUT2D eigenvalue weighted by Crippen LogP contribution is 2.26. The van der Waals surface area contributed by atoms with Crippen molar-refractivity contribution in [2.75, 3.05) is 36.8 Å².